The number of rotatable bonds is 3. The zero-order valence-corrected chi connectivity index (χ0v) is 12.4. The van der Waals surface area contributed by atoms with E-state index in [9.17, 15) is 4.79 Å². The fourth-order valence-electron chi connectivity index (χ4n) is 2.03. The molecule has 0 bridgehead atoms. The Morgan fingerprint density at radius 3 is 2.45 bits per heavy atom. The molecule has 2 heterocycles. The summed E-state index contributed by atoms with van der Waals surface area (Å²) >= 11 is 0. The van der Waals surface area contributed by atoms with Crippen molar-refractivity contribution in [1.29, 1.82) is 0 Å². The van der Waals surface area contributed by atoms with Crippen molar-refractivity contribution >= 4 is 11.7 Å². The van der Waals surface area contributed by atoms with E-state index in [4.69, 9.17) is 4.84 Å². The highest BCUT2D eigenvalue weighted by Gasteiger charge is 2.28. The summed E-state index contributed by atoms with van der Waals surface area (Å²) in [6, 6.07) is 4.35. The Balaban J connectivity index is 1.77. The van der Waals surface area contributed by atoms with Crippen LogP contribution < -0.4 is 5.32 Å². The molecule has 1 saturated heterocycles. The second-order valence-corrected chi connectivity index (χ2v) is 6.21. The number of hydroxylamine groups is 2. The molecule has 1 N–H and O–H groups in total. The molecule has 1 fully saturated rings. The summed E-state index contributed by atoms with van der Waals surface area (Å²) in [5.41, 5.74) is 0.636. The molecule has 2 rings (SSSR count). The standard InChI is InChI=1S/C15H23N3O2/c1-15(2,3)14(19)20-18-10-6-13(7-11-18)17-12-4-8-16-9-5-12/h4-5,8-9,13H,6-7,10-11H2,1-3H3,(H,16,17). The van der Waals surface area contributed by atoms with Gasteiger partial charge in [-0.2, -0.15) is 0 Å². The van der Waals surface area contributed by atoms with E-state index in [1.54, 1.807) is 17.5 Å². The number of hydrogen-bond acceptors (Lipinski definition) is 5. The predicted octanol–water partition coefficient (Wildman–Crippen LogP) is 2.46. The van der Waals surface area contributed by atoms with Crippen molar-refractivity contribution < 1.29 is 9.63 Å². The van der Waals surface area contributed by atoms with Crippen LogP contribution in [0.3, 0.4) is 0 Å². The Bertz CT molecular complexity index is 434. The summed E-state index contributed by atoms with van der Waals surface area (Å²) in [5.74, 6) is -0.168. The monoisotopic (exact) mass is 277 g/mol. The highest BCUT2D eigenvalue weighted by molar-refractivity contribution is 5.75. The Morgan fingerprint density at radius 2 is 1.90 bits per heavy atom. The molecule has 5 heteroatoms. The maximum absolute atomic E-state index is 11.8. The van der Waals surface area contributed by atoms with E-state index in [0.29, 0.717) is 6.04 Å². The van der Waals surface area contributed by atoms with Crippen molar-refractivity contribution in [3.8, 4) is 0 Å². The number of anilines is 1. The van der Waals surface area contributed by atoms with Crippen LogP contribution in [-0.2, 0) is 9.63 Å². The van der Waals surface area contributed by atoms with Gasteiger partial charge in [-0.3, -0.25) is 4.98 Å². The summed E-state index contributed by atoms with van der Waals surface area (Å²) in [7, 11) is 0. The van der Waals surface area contributed by atoms with E-state index in [1.807, 2.05) is 32.9 Å². The van der Waals surface area contributed by atoms with E-state index in [0.717, 1.165) is 31.6 Å². The molecule has 1 aliphatic heterocycles. The molecule has 0 saturated carbocycles. The first kappa shape index (κ1) is 14.8. The lowest BCUT2D eigenvalue weighted by atomic mass is 9.98. The minimum absolute atomic E-state index is 0.168. The Kier molecular flexibility index (Phi) is 4.60. The van der Waals surface area contributed by atoms with Crippen LogP contribution in [0.1, 0.15) is 33.6 Å². The van der Waals surface area contributed by atoms with Crippen molar-refractivity contribution in [3.63, 3.8) is 0 Å². The molecule has 0 atom stereocenters. The van der Waals surface area contributed by atoms with Gasteiger partial charge in [-0.05, 0) is 45.7 Å². The number of pyridine rings is 1. The van der Waals surface area contributed by atoms with Crippen molar-refractivity contribution in [2.45, 2.75) is 39.7 Å². The Morgan fingerprint density at radius 1 is 1.30 bits per heavy atom. The molecule has 5 nitrogen and oxygen atoms in total. The molecule has 110 valence electrons. The van der Waals surface area contributed by atoms with Gasteiger partial charge in [-0.15, -0.1) is 5.06 Å². The van der Waals surface area contributed by atoms with Crippen LogP contribution in [0, 0.1) is 5.41 Å². The first-order valence-electron chi connectivity index (χ1n) is 7.09. The van der Waals surface area contributed by atoms with E-state index in [1.165, 1.54) is 0 Å². The molecule has 20 heavy (non-hydrogen) atoms. The van der Waals surface area contributed by atoms with Gasteiger partial charge in [0.1, 0.15) is 0 Å². The Labute approximate surface area is 120 Å². The van der Waals surface area contributed by atoms with Gasteiger partial charge in [0.2, 0.25) is 0 Å². The normalized spacial score (nSPS) is 17.8. The lowest BCUT2D eigenvalue weighted by Gasteiger charge is -2.32. The van der Waals surface area contributed by atoms with Crippen LogP contribution in [0.15, 0.2) is 24.5 Å². The van der Waals surface area contributed by atoms with Crippen LogP contribution in [0.5, 0.6) is 0 Å². The van der Waals surface area contributed by atoms with Crippen molar-refractivity contribution in [2.75, 3.05) is 18.4 Å². The number of hydrogen-bond donors (Lipinski definition) is 1. The number of piperidine rings is 1. The molecule has 0 amide bonds. The van der Waals surface area contributed by atoms with Gasteiger partial charge in [0.25, 0.3) is 0 Å². The van der Waals surface area contributed by atoms with E-state index >= 15 is 0 Å². The second kappa shape index (κ2) is 6.22. The van der Waals surface area contributed by atoms with Gasteiger partial charge in [0.15, 0.2) is 0 Å². The van der Waals surface area contributed by atoms with Gasteiger partial charge in [0, 0.05) is 37.2 Å². The van der Waals surface area contributed by atoms with Crippen LogP contribution in [0.25, 0.3) is 0 Å². The molecule has 0 unspecified atom stereocenters. The predicted molar refractivity (Wildman–Crippen MR) is 78.0 cm³/mol. The first-order valence-corrected chi connectivity index (χ1v) is 7.09. The molecular formula is C15H23N3O2. The van der Waals surface area contributed by atoms with Crippen LogP contribution in [0.4, 0.5) is 5.69 Å². The van der Waals surface area contributed by atoms with Crippen molar-refractivity contribution in [3.05, 3.63) is 24.5 Å². The average molecular weight is 277 g/mol. The third-order valence-electron chi connectivity index (χ3n) is 3.33. The molecule has 0 aromatic carbocycles. The van der Waals surface area contributed by atoms with Crippen LogP contribution in [0.2, 0.25) is 0 Å². The maximum Gasteiger partial charge on any atom is 0.330 e. The van der Waals surface area contributed by atoms with Crippen molar-refractivity contribution in [2.24, 2.45) is 5.41 Å². The zero-order valence-electron chi connectivity index (χ0n) is 12.4. The molecule has 1 aliphatic rings. The SMILES string of the molecule is CC(C)(C)C(=O)ON1CCC(Nc2ccncc2)CC1. The Hall–Kier alpha value is -1.62. The summed E-state index contributed by atoms with van der Waals surface area (Å²) in [4.78, 5) is 21.2. The largest absolute Gasteiger partial charge is 0.382 e. The van der Waals surface area contributed by atoms with Gasteiger partial charge in [-0.25, -0.2) is 4.79 Å². The zero-order chi connectivity index (χ0) is 14.6. The number of carbonyl (C=O) groups excluding carboxylic acids is 1. The quantitative estimate of drug-likeness (QED) is 0.919. The third kappa shape index (κ3) is 4.20. The summed E-state index contributed by atoms with van der Waals surface area (Å²) < 4.78 is 0. The maximum atomic E-state index is 11.8. The molecule has 0 spiro atoms. The summed E-state index contributed by atoms with van der Waals surface area (Å²) in [5, 5.41) is 5.25. The van der Waals surface area contributed by atoms with Gasteiger partial charge in [0.05, 0.1) is 5.41 Å². The van der Waals surface area contributed by atoms with Gasteiger partial charge < -0.3 is 10.2 Å². The van der Waals surface area contributed by atoms with E-state index in [2.05, 4.69) is 10.3 Å². The first-order chi connectivity index (χ1) is 9.45. The minimum atomic E-state index is -0.452. The van der Waals surface area contributed by atoms with Gasteiger partial charge in [-0.1, -0.05) is 0 Å². The van der Waals surface area contributed by atoms with Gasteiger partial charge >= 0.3 is 5.97 Å². The summed E-state index contributed by atoms with van der Waals surface area (Å²) in [6.45, 7) is 7.14. The molecule has 1 aromatic heterocycles. The topological polar surface area (TPSA) is 54.5 Å². The highest BCUT2D eigenvalue weighted by atomic mass is 16.7. The number of nitrogens with zero attached hydrogens (tertiary/aromatic N) is 2. The highest BCUT2D eigenvalue weighted by Crippen LogP contribution is 2.20. The van der Waals surface area contributed by atoms with Crippen molar-refractivity contribution in [1.82, 2.24) is 10.0 Å². The van der Waals surface area contributed by atoms with Crippen LogP contribution >= 0.6 is 0 Å². The minimum Gasteiger partial charge on any atom is -0.382 e. The van der Waals surface area contributed by atoms with E-state index < -0.39 is 5.41 Å². The molecular weight excluding hydrogens is 254 g/mol. The number of nitrogens with one attached hydrogen (secondary N) is 1. The fraction of sp³-hybridized carbons (Fsp3) is 0.600. The molecule has 1 aromatic rings. The lowest BCUT2D eigenvalue weighted by molar-refractivity contribution is -0.204. The average Bonchev–Trinajstić information content (AvgIpc) is 2.41. The second-order valence-electron chi connectivity index (χ2n) is 6.21. The lowest BCUT2D eigenvalue weighted by Crippen LogP contribution is -2.42. The fourth-order valence-corrected chi connectivity index (χ4v) is 2.03. The molecule has 0 radical (unpaired) electrons. The summed E-state index contributed by atoms with van der Waals surface area (Å²) in [6.07, 6.45) is 5.48. The number of carbonyl (C=O) groups is 1. The van der Waals surface area contributed by atoms with E-state index in [-0.39, 0.29) is 5.97 Å². The molecule has 0 aliphatic carbocycles. The number of aromatic nitrogens is 1. The van der Waals surface area contributed by atoms with Crippen LogP contribution in [-0.4, -0.2) is 35.1 Å². The smallest absolute Gasteiger partial charge is 0.330 e. The third-order valence-corrected chi connectivity index (χ3v) is 3.33.